The number of hydrogen-bond acceptors (Lipinski definition) is 8. The molecule has 36 heavy (non-hydrogen) atoms. The highest BCUT2D eigenvalue weighted by atomic mass is 32.2. The average Bonchev–Trinajstić information content (AvgIpc) is 3.54. The molecule has 1 aromatic carbocycles. The number of thiophene rings is 1. The van der Waals surface area contributed by atoms with E-state index >= 15 is 0 Å². The van der Waals surface area contributed by atoms with Crippen molar-refractivity contribution in [3.05, 3.63) is 53.2 Å². The maximum Gasteiger partial charge on any atom is 0.162 e. The first-order valence-corrected chi connectivity index (χ1v) is 14.8. The van der Waals surface area contributed by atoms with Crippen LogP contribution in [0.5, 0.6) is 0 Å². The predicted octanol–water partition coefficient (Wildman–Crippen LogP) is 3.88. The lowest BCUT2D eigenvalue weighted by Gasteiger charge is -2.28. The molecule has 0 bridgehead atoms. The third kappa shape index (κ3) is 4.04. The zero-order valence-corrected chi connectivity index (χ0v) is 21.6. The number of morpholine rings is 1. The summed E-state index contributed by atoms with van der Waals surface area (Å²) in [5.74, 6) is 3.27. The van der Waals surface area contributed by atoms with E-state index in [1.165, 1.54) is 16.7 Å². The summed E-state index contributed by atoms with van der Waals surface area (Å²) < 4.78 is 18.5. The van der Waals surface area contributed by atoms with Crippen molar-refractivity contribution in [2.45, 2.75) is 13.0 Å². The van der Waals surface area contributed by atoms with Gasteiger partial charge in [0.05, 0.1) is 23.4 Å². The number of hydrogen-bond donors (Lipinski definition) is 0. The highest BCUT2D eigenvalue weighted by Crippen LogP contribution is 2.40. The van der Waals surface area contributed by atoms with Crippen LogP contribution in [0, 0.1) is 0 Å². The molecule has 0 N–H and O–H groups in total. The van der Waals surface area contributed by atoms with Crippen LogP contribution in [0.4, 0.5) is 5.82 Å². The molecule has 7 nitrogen and oxygen atoms in total. The maximum atomic E-state index is 11.8. The number of pyridine rings is 1. The van der Waals surface area contributed by atoms with Crippen LogP contribution in [0.2, 0.25) is 0 Å². The van der Waals surface area contributed by atoms with Crippen LogP contribution in [0.3, 0.4) is 0 Å². The van der Waals surface area contributed by atoms with Crippen molar-refractivity contribution in [1.82, 2.24) is 19.9 Å². The summed E-state index contributed by atoms with van der Waals surface area (Å²) in [4.78, 5) is 20.9. The number of anilines is 1. The molecule has 0 saturated carbocycles. The van der Waals surface area contributed by atoms with Crippen molar-refractivity contribution in [1.29, 1.82) is 0 Å². The van der Waals surface area contributed by atoms with Gasteiger partial charge in [0.2, 0.25) is 0 Å². The molecule has 3 aromatic heterocycles. The van der Waals surface area contributed by atoms with Gasteiger partial charge in [0.15, 0.2) is 11.6 Å². The van der Waals surface area contributed by atoms with E-state index in [2.05, 4.69) is 46.2 Å². The number of allylic oxidation sites excluding steroid dienone is 1. The molecule has 9 heteroatoms. The third-order valence-corrected chi connectivity index (χ3v) is 9.63. The third-order valence-electron chi connectivity index (χ3n) is 7.26. The second-order valence-electron chi connectivity index (χ2n) is 9.56. The first-order valence-electron chi connectivity index (χ1n) is 12.5. The average molecular weight is 518 g/mol. The summed E-state index contributed by atoms with van der Waals surface area (Å²) >= 11 is 1.68. The molecule has 5 heterocycles. The smallest absolute Gasteiger partial charge is 0.162 e. The van der Waals surface area contributed by atoms with Crippen molar-refractivity contribution in [3.63, 3.8) is 0 Å². The lowest BCUT2D eigenvalue weighted by Crippen LogP contribution is -2.37. The van der Waals surface area contributed by atoms with Crippen LogP contribution in [-0.4, -0.2) is 75.0 Å². The summed E-state index contributed by atoms with van der Waals surface area (Å²) in [6.07, 6.45) is 7.35. The Labute approximate surface area is 216 Å². The molecule has 0 radical (unpaired) electrons. The molecule has 2 fully saturated rings. The van der Waals surface area contributed by atoms with Crippen LogP contribution in [0.25, 0.3) is 37.9 Å². The van der Waals surface area contributed by atoms with Gasteiger partial charge >= 0.3 is 0 Å². The lowest BCUT2D eigenvalue weighted by atomic mass is 10.0. The van der Waals surface area contributed by atoms with E-state index in [9.17, 15) is 4.21 Å². The first-order chi connectivity index (χ1) is 17.7. The van der Waals surface area contributed by atoms with Crippen molar-refractivity contribution in [2.24, 2.45) is 0 Å². The largest absolute Gasteiger partial charge is 0.378 e. The highest BCUT2D eigenvalue weighted by Gasteiger charge is 2.24. The summed E-state index contributed by atoms with van der Waals surface area (Å²) in [5.41, 5.74) is 5.79. The molecule has 3 aliphatic rings. The van der Waals surface area contributed by atoms with Gasteiger partial charge in [-0.15, -0.1) is 11.3 Å². The molecule has 2 saturated heterocycles. The molecular formula is C27H27N5O2S2. The Morgan fingerprint density at radius 3 is 2.81 bits per heavy atom. The monoisotopic (exact) mass is 517 g/mol. The van der Waals surface area contributed by atoms with Gasteiger partial charge in [-0.25, -0.2) is 15.0 Å². The van der Waals surface area contributed by atoms with Gasteiger partial charge in [0.1, 0.15) is 4.83 Å². The molecule has 0 unspecified atom stereocenters. The summed E-state index contributed by atoms with van der Waals surface area (Å²) in [6.45, 7) is 5.62. The van der Waals surface area contributed by atoms with E-state index in [1.807, 2.05) is 6.20 Å². The van der Waals surface area contributed by atoms with E-state index in [-0.39, 0.29) is 0 Å². The fraction of sp³-hybridized carbons (Fsp3) is 0.370. The molecule has 0 amide bonds. The molecule has 0 atom stereocenters. The van der Waals surface area contributed by atoms with E-state index in [0.717, 1.165) is 88.3 Å². The van der Waals surface area contributed by atoms with Crippen LogP contribution < -0.4 is 4.90 Å². The zero-order chi connectivity index (χ0) is 24.1. The Hall–Kier alpha value is -2.72. The van der Waals surface area contributed by atoms with Crippen molar-refractivity contribution < 1.29 is 8.95 Å². The van der Waals surface area contributed by atoms with E-state index in [1.54, 1.807) is 11.3 Å². The van der Waals surface area contributed by atoms with Gasteiger partial charge in [-0.1, -0.05) is 30.4 Å². The van der Waals surface area contributed by atoms with Gasteiger partial charge in [0, 0.05) is 72.2 Å². The Kier molecular flexibility index (Phi) is 5.81. The standard InChI is InChI=1S/C27H27N5O2S2/c33-36-13-9-31(10-14-36)17-18-15-22-23-24(35-27(22)28-16-18)26(32-7-11-34-12-8-32)30-25(29-23)21-6-2-4-19-3-1-5-20(19)21/h1-2,4-6,15-16H,3,7-14,17H2. The van der Waals surface area contributed by atoms with Gasteiger partial charge in [-0.3, -0.25) is 9.11 Å². The molecule has 4 aromatic rings. The van der Waals surface area contributed by atoms with Gasteiger partial charge < -0.3 is 9.64 Å². The molecule has 2 aliphatic heterocycles. The normalized spacial score (nSPS) is 18.9. The second-order valence-corrected chi connectivity index (χ2v) is 12.3. The van der Waals surface area contributed by atoms with Gasteiger partial charge in [-0.05, 0) is 29.2 Å². The maximum absolute atomic E-state index is 11.8. The van der Waals surface area contributed by atoms with Crippen LogP contribution in [0.1, 0.15) is 16.7 Å². The number of rotatable bonds is 4. The minimum atomic E-state index is -0.671. The minimum Gasteiger partial charge on any atom is -0.378 e. The number of aromatic nitrogens is 3. The Morgan fingerprint density at radius 1 is 1.08 bits per heavy atom. The predicted molar refractivity (Wildman–Crippen MR) is 147 cm³/mol. The lowest BCUT2D eigenvalue weighted by molar-refractivity contribution is 0.122. The molecule has 184 valence electrons. The SMILES string of the molecule is O=S1CCN(Cc2cnc3sc4c(N5CCOCC5)nc(-c5cccc6c5C=CC6)nc4c3c2)CC1. The Balaban J connectivity index is 1.37. The van der Waals surface area contributed by atoms with E-state index < -0.39 is 10.8 Å². The minimum absolute atomic E-state index is 0.671. The summed E-state index contributed by atoms with van der Waals surface area (Å²) in [7, 11) is -0.671. The highest BCUT2D eigenvalue weighted by molar-refractivity contribution is 7.85. The van der Waals surface area contributed by atoms with Crippen molar-refractivity contribution in [2.75, 3.05) is 55.8 Å². The first kappa shape index (κ1) is 22.5. The van der Waals surface area contributed by atoms with Gasteiger partial charge in [-0.2, -0.15) is 0 Å². The Bertz CT molecular complexity index is 1520. The molecule has 7 rings (SSSR count). The van der Waals surface area contributed by atoms with Gasteiger partial charge in [0.25, 0.3) is 0 Å². The van der Waals surface area contributed by atoms with Crippen LogP contribution in [-0.2, 0) is 28.5 Å². The fourth-order valence-corrected chi connectivity index (χ4v) is 7.54. The quantitative estimate of drug-likeness (QED) is 0.407. The fourth-order valence-electron chi connectivity index (χ4n) is 5.33. The number of benzene rings is 1. The number of nitrogens with zero attached hydrogens (tertiary/aromatic N) is 5. The van der Waals surface area contributed by atoms with E-state index in [0.29, 0.717) is 13.2 Å². The molecule has 1 aliphatic carbocycles. The number of fused-ring (bicyclic) bond motifs is 4. The zero-order valence-electron chi connectivity index (χ0n) is 20.0. The van der Waals surface area contributed by atoms with Crippen molar-refractivity contribution >= 4 is 54.5 Å². The number of ether oxygens (including phenoxy) is 1. The summed E-state index contributed by atoms with van der Waals surface area (Å²) in [6, 6.07) is 8.69. The summed E-state index contributed by atoms with van der Waals surface area (Å²) in [5, 5.41) is 1.09. The Morgan fingerprint density at radius 2 is 1.94 bits per heavy atom. The van der Waals surface area contributed by atoms with Crippen molar-refractivity contribution in [3.8, 4) is 11.4 Å². The second kappa shape index (κ2) is 9.30. The van der Waals surface area contributed by atoms with Crippen LogP contribution >= 0.6 is 11.3 Å². The topological polar surface area (TPSA) is 71.5 Å². The molecular weight excluding hydrogens is 490 g/mol. The van der Waals surface area contributed by atoms with Crippen LogP contribution in [0.15, 0.2) is 36.5 Å². The van der Waals surface area contributed by atoms with E-state index in [4.69, 9.17) is 19.7 Å². The molecule has 0 spiro atoms.